The zero-order chi connectivity index (χ0) is 12.0. The Balaban J connectivity index is 2.93. The summed E-state index contributed by atoms with van der Waals surface area (Å²) < 4.78 is 10.5. The Hall–Kier alpha value is -1.26. The lowest BCUT2D eigenvalue weighted by atomic mass is 10.0. The third-order valence-electron chi connectivity index (χ3n) is 2.51. The number of hydrogen-bond donors (Lipinski definition) is 2. The van der Waals surface area contributed by atoms with E-state index in [1.807, 2.05) is 18.2 Å². The van der Waals surface area contributed by atoms with Gasteiger partial charge in [0.25, 0.3) is 0 Å². The van der Waals surface area contributed by atoms with Gasteiger partial charge in [0.2, 0.25) is 0 Å². The van der Waals surface area contributed by atoms with E-state index in [-0.39, 0.29) is 12.6 Å². The summed E-state index contributed by atoms with van der Waals surface area (Å²) in [4.78, 5) is 0. The zero-order valence-electron chi connectivity index (χ0n) is 9.77. The average Bonchev–Trinajstić information content (AvgIpc) is 2.34. The second-order valence-corrected chi connectivity index (χ2v) is 3.56. The number of nitrogens with two attached hydrogens (primary N) is 1. The van der Waals surface area contributed by atoms with Crippen LogP contribution in [0, 0.1) is 0 Å². The lowest BCUT2D eigenvalue weighted by Crippen LogP contribution is -2.12. The molecule has 1 atom stereocenters. The summed E-state index contributed by atoms with van der Waals surface area (Å²) in [6.07, 6.45) is 1.40. The van der Waals surface area contributed by atoms with Gasteiger partial charge in [-0.3, -0.25) is 0 Å². The summed E-state index contributed by atoms with van der Waals surface area (Å²) in [5, 5.41) is 8.78. The van der Waals surface area contributed by atoms with E-state index in [0.717, 1.165) is 12.0 Å². The van der Waals surface area contributed by atoms with Gasteiger partial charge in [0.05, 0.1) is 14.2 Å². The normalized spacial score (nSPS) is 12.2. The van der Waals surface area contributed by atoms with Crippen molar-refractivity contribution in [3.8, 4) is 11.5 Å². The van der Waals surface area contributed by atoms with E-state index in [0.29, 0.717) is 17.9 Å². The quantitative estimate of drug-likeness (QED) is 0.769. The molecule has 1 aromatic rings. The van der Waals surface area contributed by atoms with Gasteiger partial charge in [0.1, 0.15) is 0 Å². The van der Waals surface area contributed by atoms with E-state index < -0.39 is 0 Å². The molecule has 90 valence electrons. The van der Waals surface area contributed by atoms with Gasteiger partial charge in [-0.2, -0.15) is 0 Å². The Kier molecular flexibility index (Phi) is 5.08. The second-order valence-electron chi connectivity index (χ2n) is 3.56. The second kappa shape index (κ2) is 6.35. The number of benzene rings is 1. The molecular weight excluding hydrogens is 206 g/mol. The van der Waals surface area contributed by atoms with Gasteiger partial charge in [0, 0.05) is 18.2 Å². The molecule has 0 aliphatic rings. The molecule has 0 heterocycles. The highest BCUT2D eigenvalue weighted by molar-refractivity contribution is 5.47. The summed E-state index contributed by atoms with van der Waals surface area (Å²) in [6.45, 7) is 0.153. The molecule has 16 heavy (non-hydrogen) atoms. The predicted molar refractivity (Wildman–Crippen MR) is 62.8 cm³/mol. The van der Waals surface area contributed by atoms with Crippen LogP contribution < -0.4 is 15.2 Å². The molecule has 0 saturated carbocycles. The van der Waals surface area contributed by atoms with E-state index in [2.05, 4.69) is 0 Å². The van der Waals surface area contributed by atoms with Gasteiger partial charge in [-0.15, -0.1) is 0 Å². The fourth-order valence-electron chi connectivity index (χ4n) is 1.67. The Labute approximate surface area is 96.0 Å². The van der Waals surface area contributed by atoms with E-state index in [4.69, 9.17) is 20.3 Å². The van der Waals surface area contributed by atoms with Gasteiger partial charge >= 0.3 is 0 Å². The molecule has 0 fully saturated rings. The van der Waals surface area contributed by atoms with Crippen molar-refractivity contribution >= 4 is 0 Å². The van der Waals surface area contributed by atoms with Crippen molar-refractivity contribution in [1.29, 1.82) is 0 Å². The number of aliphatic hydroxyl groups is 1. The highest BCUT2D eigenvalue weighted by atomic mass is 16.5. The fourth-order valence-corrected chi connectivity index (χ4v) is 1.67. The number of aliphatic hydroxyl groups excluding tert-OH is 1. The van der Waals surface area contributed by atoms with Crippen LogP contribution in [0.2, 0.25) is 0 Å². The standard InChI is InChI=1S/C12H19NO3/c1-15-11-7-3-5-9(12(11)16-2)10(13)6-4-8-14/h3,5,7,10,14H,4,6,8,13H2,1-2H3/t10-/m1/s1. The van der Waals surface area contributed by atoms with E-state index in [1.54, 1.807) is 14.2 Å². The first-order valence-corrected chi connectivity index (χ1v) is 5.32. The first-order chi connectivity index (χ1) is 7.74. The molecule has 0 aromatic heterocycles. The predicted octanol–water partition coefficient (Wildman–Crippen LogP) is 1.48. The first-order valence-electron chi connectivity index (χ1n) is 5.32. The first kappa shape index (κ1) is 12.8. The van der Waals surface area contributed by atoms with Crippen molar-refractivity contribution in [2.45, 2.75) is 18.9 Å². The molecule has 0 unspecified atom stereocenters. The molecule has 3 N–H and O–H groups in total. The van der Waals surface area contributed by atoms with Gasteiger partial charge in [-0.25, -0.2) is 0 Å². The average molecular weight is 225 g/mol. The molecule has 1 aromatic carbocycles. The number of hydrogen-bond acceptors (Lipinski definition) is 4. The minimum absolute atomic E-state index is 0.141. The smallest absolute Gasteiger partial charge is 0.165 e. The Morgan fingerprint density at radius 2 is 2.06 bits per heavy atom. The highest BCUT2D eigenvalue weighted by Crippen LogP contribution is 2.34. The minimum atomic E-state index is -0.141. The molecule has 0 radical (unpaired) electrons. The lowest BCUT2D eigenvalue weighted by Gasteiger charge is -2.17. The third kappa shape index (κ3) is 2.87. The van der Waals surface area contributed by atoms with Crippen molar-refractivity contribution < 1.29 is 14.6 Å². The van der Waals surface area contributed by atoms with Crippen LogP contribution >= 0.6 is 0 Å². The van der Waals surface area contributed by atoms with Gasteiger partial charge < -0.3 is 20.3 Å². The summed E-state index contributed by atoms with van der Waals surface area (Å²) in [6, 6.07) is 5.50. The van der Waals surface area contributed by atoms with Gasteiger partial charge in [-0.05, 0) is 18.9 Å². The molecule has 0 aliphatic heterocycles. The van der Waals surface area contributed by atoms with Crippen LogP contribution in [-0.2, 0) is 0 Å². The van der Waals surface area contributed by atoms with E-state index in [1.165, 1.54) is 0 Å². The summed E-state index contributed by atoms with van der Waals surface area (Å²) >= 11 is 0. The topological polar surface area (TPSA) is 64.7 Å². The van der Waals surface area contributed by atoms with Crippen molar-refractivity contribution in [2.75, 3.05) is 20.8 Å². The van der Waals surface area contributed by atoms with Gasteiger partial charge in [-0.1, -0.05) is 12.1 Å². The summed E-state index contributed by atoms with van der Waals surface area (Å²) in [7, 11) is 3.20. The summed E-state index contributed by atoms with van der Waals surface area (Å²) in [5.74, 6) is 1.36. The summed E-state index contributed by atoms with van der Waals surface area (Å²) in [5.41, 5.74) is 6.95. The maximum atomic E-state index is 8.78. The van der Waals surface area contributed by atoms with Crippen LogP contribution in [0.25, 0.3) is 0 Å². The zero-order valence-corrected chi connectivity index (χ0v) is 9.77. The SMILES string of the molecule is COc1cccc([C@H](N)CCCO)c1OC. The van der Waals surface area contributed by atoms with E-state index >= 15 is 0 Å². The molecule has 0 spiro atoms. The number of rotatable bonds is 6. The van der Waals surface area contributed by atoms with Gasteiger partial charge in [0.15, 0.2) is 11.5 Å². The molecule has 0 saturated heterocycles. The van der Waals surface area contributed by atoms with Crippen LogP contribution in [0.1, 0.15) is 24.4 Å². The van der Waals surface area contributed by atoms with Crippen LogP contribution in [0.15, 0.2) is 18.2 Å². The molecule has 4 heteroatoms. The van der Waals surface area contributed by atoms with Crippen LogP contribution in [0.3, 0.4) is 0 Å². The van der Waals surface area contributed by atoms with Crippen molar-refractivity contribution in [3.05, 3.63) is 23.8 Å². The Bertz CT molecular complexity index is 328. The number of methoxy groups -OCH3 is 2. The Morgan fingerprint density at radius 1 is 1.31 bits per heavy atom. The van der Waals surface area contributed by atoms with Crippen molar-refractivity contribution in [1.82, 2.24) is 0 Å². The highest BCUT2D eigenvalue weighted by Gasteiger charge is 2.15. The maximum Gasteiger partial charge on any atom is 0.165 e. The van der Waals surface area contributed by atoms with Crippen LogP contribution in [-0.4, -0.2) is 25.9 Å². The minimum Gasteiger partial charge on any atom is -0.493 e. The maximum absolute atomic E-state index is 8.78. The number of para-hydroxylation sites is 1. The van der Waals surface area contributed by atoms with Crippen LogP contribution in [0.4, 0.5) is 0 Å². The Morgan fingerprint density at radius 3 is 2.62 bits per heavy atom. The van der Waals surface area contributed by atoms with E-state index in [9.17, 15) is 0 Å². The monoisotopic (exact) mass is 225 g/mol. The van der Waals surface area contributed by atoms with Crippen molar-refractivity contribution in [2.24, 2.45) is 5.73 Å². The molecular formula is C12H19NO3. The fraction of sp³-hybridized carbons (Fsp3) is 0.500. The largest absolute Gasteiger partial charge is 0.493 e. The van der Waals surface area contributed by atoms with Crippen molar-refractivity contribution in [3.63, 3.8) is 0 Å². The van der Waals surface area contributed by atoms with Crippen LogP contribution in [0.5, 0.6) is 11.5 Å². The molecule has 0 amide bonds. The third-order valence-corrected chi connectivity index (χ3v) is 2.51. The molecule has 1 rings (SSSR count). The number of ether oxygens (including phenoxy) is 2. The lowest BCUT2D eigenvalue weighted by molar-refractivity contribution is 0.279. The molecule has 0 bridgehead atoms. The molecule has 4 nitrogen and oxygen atoms in total. The molecule has 0 aliphatic carbocycles.